The molecule has 0 saturated carbocycles. The first-order valence-corrected chi connectivity index (χ1v) is 7.76. The van der Waals surface area contributed by atoms with Gasteiger partial charge in [-0.05, 0) is 19.8 Å². The molecule has 1 aromatic rings. The molecule has 0 atom stereocenters. The zero-order chi connectivity index (χ0) is 12.8. The summed E-state index contributed by atoms with van der Waals surface area (Å²) in [6.45, 7) is 4.85. The minimum absolute atomic E-state index is 0.331. The van der Waals surface area contributed by atoms with E-state index in [1.165, 1.54) is 0 Å². The molecule has 0 bridgehead atoms. The van der Waals surface area contributed by atoms with Crippen LogP contribution in [0.1, 0.15) is 25.1 Å². The van der Waals surface area contributed by atoms with Crippen molar-refractivity contribution in [2.75, 3.05) is 24.6 Å². The Kier molecular flexibility index (Phi) is 5.11. The fourth-order valence-electron chi connectivity index (χ4n) is 2.17. The highest BCUT2D eigenvalue weighted by atomic mass is 32.2. The van der Waals surface area contributed by atoms with Crippen molar-refractivity contribution in [1.29, 1.82) is 0 Å². The van der Waals surface area contributed by atoms with Crippen LogP contribution in [-0.2, 0) is 11.3 Å². The van der Waals surface area contributed by atoms with Gasteiger partial charge >= 0.3 is 0 Å². The van der Waals surface area contributed by atoms with E-state index in [0.29, 0.717) is 12.3 Å². The summed E-state index contributed by atoms with van der Waals surface area (Å²) in [6.07, 6.45) is 6.54. The minimum atomic E-state index is 0.331. The van der Waals surface area contributed by atoms with E-state index in [0.717, 1.165) is 49.8 Å². The molecular formula is C13H21N3OS. The van der Waals surface area contributed by atoms with E-state index in [9.17, 15) is 4.79 Å². The van der Waals surface area contributed by atoms with Crippen molar-refractivity contribution in [2.45, 2.75) is 32.7 Å². The van der Waals surface area contributed by atoms with E-state index in [2.05, 4.69) is 9.55 Å². The standard InChI is InChI=1S/C13H21N3OS/c1-12-14-5-7-15(12)6-3-2-4-13(17)16-8-10-18-11-9-16/h5,7H,2-4,6,8-11H2,1H3. The summed E-state index contributed by atoms with van der Waals surface area (Å²) < 4.78 is 2.14. The molecule has 1 fully saturated rings. The SMILES string of the molecule is Cc1nccn1CCCCC(=O)N1CCSCC1. The fourth-order valence-corrected chi connectivity index (χ4v) is 3.07. The van der Waals surface area contributed by atoms with Gasteiger partial charge in [-0.3, -0.25) is 4.79 Å². The molecule has 0 N–H and O–H groups in total. The maximum absolute atomic E-state index is 11.9. The molecule has 0 aliphatic carbocycles. The lowest BCUT2D eigenvalue weighted by Gasteiger charge is -2.26. The van der Waals surface area contributed by atoms with E-state index in [4.69, 9.17) is 0 Å². The molecule has 0 spiro atoms. The molecular weight excluding hydrogens is 246 g/mol. The van der Waals surface area contributed by atoms with Crippen LogP contribution in [0.2, 0.25) is 0 Å². The zero-order valence-corrected chi connectivity index (χ0v) is 11.8. The van der Waals surface area contributed by atoms with E-state index in [1.807, 2.05) is 36.0 Å². The maximum Gasteiger partial charge on any atom is 0.222 e. The average Bonchev–Trinajstić information content (AvgIpc) is 2.81. The molecule has 2 heterocycles. The van der Waals surface area contributed by atoms with Gasteiger partial charge in [0.05, 0.1) is 0 Å². The number of imidazole rings is 1. The molecule has 1 aliphatic rings. The monoisotopic (exact) mass is 267 g/mol. The molecule has 0 aromatic carbocycles. The fraction of sp³-hybridized carbons (Fsp3) is 0.692. The number of carbonyl (C=O) groups is 1. The van der Waals surface area contributed by atoms with Gasteiger partial charge < -0.3 is 9.47 Å². The van der Waals surface area contributed by atoms with E-state index in [-0.39, 0.29) is 0 Å². The number of nitrogens with zero attached hydrogens (tertiary/aromatic N) is 3. The van der Waals surface area contributed by atoms with Gasteiger partial charge in [0.25, 0.3) is 0 Å². The number of amides is 1. The Bertz CT molecular complexity index is 385. The number of rotatable bonds is 5. The number of aryl methyl sites for hydroxylation is 2. The first-order chi connectivity index (χ1) is 8.77. The van der Waals surface area contributed by atoms with Crippen molar-refractivity contribution in [1.82, 2.24) is 14.5 Å². The second-order valence-corrected chi connectivity index (χ2v) is 5.84. The Morgan fingerprint density at radius 1 is 1.39 bits per heavy atom. The first-order valence-electron chi connectivity index (χ1n) is 6.60. The van der Waals surface area contributed by atoms with E-state index < -0.39 is 0 Å². The van der Waals surface area contributed by atoms with Crippen LogP contribution in [0.4, 0.5) is 0 Å². The predicted molar refractivity (Wildman–Crippen MR) is 74.7 cm³/mol. The van der Waals surface area contributed by atoms with Crippen LogP contribution in [0, 0.1) is 6.92 Å². The number of hydrogen-bond acceptors (Lipinski definition) is 3. The van der Waals surface area contributed by atoms with Gasteiger partial charge in [0.1, 0.15) is 5.82 Å². The topological polar surface area (TPSA) is 38.1 Å². The lowest BCUT2D eigenvalue weighted by Crippen LogP contribution is -2.37. The molecule has 1 saturated heterocycles. The molecule has 1 aliphatic heterocycles. The summed E-state index contributed by atoms with van der Waals surface area (Å²) in [5, 5.41) is 0. The van der Waals surface area contributed by atoms with Crippen molar-refractivity contribution < 1.29 is 4.79 Å². The van der Waals surface area contributed by atoms with Crippen molar-refractivity contribution >= 4 is 17.7 Å². The predicted octanol–water partition coefficient (Wildman–Crippen LogP) is 1.94. The highest BCUT2D eigenvalue weighted by Gasteiger charge is 2.15. The van der Waals surface area contributed by atoms with Crippen molar-refractivity contribution in [2.24, 2.45) is 0 Å². The molecule has 4 nitrogen and oxygen atoms in total. The Balaban J connectivity index is 1.63. The summed E-state index contributed by atoms with van der Waals surface area (Å²) >= 11 is 1.94. The number of unbranched alkanes of at least 4 members (excludes halogenated alkanes) is 1. The van der Waals surface area contributed by atoms with Crippen LogP contribution in [0.5, 0.6) is 0 Å². The van der Waals surface area contributed by atoms with Crippen LogP contribution in [0.15, 0.2) is 12.4 Å². The smallest absolute Gasteiger partial charge is 0.222 e. The normalized spacial score (nSPS) is 15.9. The molecule has 5 heteroatoms. The Hall–Kier alpha value is -0.970. The Morgan fingerprint density at radius 3 is 2.83 bits per heavy atom. The second kappa shape index (κ2) is 6.83. The number of thioether (sulfide) groups is 1. The first kappa shape index (κ1) is 13.5. The van der Waals surface area contributed by atoms with Crippen LogP contribution < -0.4 is 0 Å². The van der Waals surface area contributed by atoms with E-state index >= 15 is 0 Å². The highest BCUT2D eigenvalue weighted by molar-refractivity contribution is 7.99. The van der Waals surface area contributed by atoms with Crippen molar-refractivity contribution in [3.05, 3.63) is 18.2 Å². The largest absolute Gasteiger partial charge is 0.341 e. The molecule has 1 aromatic heterocycles. The average molecular weight is 267 g/mol. The highest BCUT2D eigenvalue weighted by Crippen LogP contribution is 2.11. The lowest BCUT2D eigenvalue weighted by atomic mass is 10.2. The Labute approximate surface area is 113 Å². The molecule has 2 rings (SSSR count). The minimum Gasteiger partial charge on any atom is -0.341 e. The second-order valence-electron chi connectivity index (χ2n) is 4.62. The molecule has 0 radical (unpaired) electrons. The van der Waals surface area contributed by atoms with Crippen molar-refractivity contribution in [3.63, 3.8) is 0 Å². The van der Waals surface area contributed by atoms with Gasteiger partial charge in [0, 0.05) is 50.0 Å². The Morgan fingerprint density at radius 2 is 2.17 bits per heavy atom. The summed E-state index contributed by atoms with van der Waals surface area (Å²) in [4.78, 5) is 18.1. The van der Waals surface area contributed by atoms with Gasteiger partial charge in [0.15, 0.2) is 0 Å². The van der Waals surface area contributed by atoms with Gasteiger partial charge in [-0.15, -0.1) is 0 Å². The third-order valence-electron chi connectivity index (χ3n) is 3.33. The number of aromatic nitrogens is 2. The maximum atomic E-state index is 11.9. The quantitative estimate of drug-likeness (QED) is 0.765. The third-order valence-corrected chi connectivity index (χ3v) is 4.27. The van der Waals surface area contributed by atoms with E-state index in [1.54, 1.807) is 0 Å². The van der Waals surface area contributed by atoms with Gasteiger partial charge in [-0.25, -0.2) is 4.98 Å². The summed E-state index contributed by atoms with van der Waals surface area (Å²) in [5.41, 5.74) is 0. The van der Waals surface area contributed by atoms with Crippen LogP contribution in [0.3, 0.4) is 0 Å². The molecule has 100 valence electrons. The molecule has 0 unspecified atom stereocenters. The zero-order valence-electron chi connectivity index (χ0n) is 11.0. The van der Waals surface area contributed by atoms with Crippen LogP contribution in [-0.4, -0.2) is 45.0 Å². The van der Waals surface area contributed by atoms with Crippen LogP contribution >= 0.6 is 11.8 Å². The summed E-state index contributed by atoms with van der Waals surface area (Å²) in [7, 11) is 0. The van der Waals surface area contributed by atoms with Gasteiger partial charge in [-0.1, -0.05) is 0 Å². The third kappa shape index (κ3) is 3.77. The van der Waals surface area contributed by atoms with Crippen molar-refractivity contribution in [3.8, 4) is 0 Å². The summed E-state index contributed by atoms with van der Waals surface area (Å²) in [5.74, 6) is 3.58. The van der Waals surface area contributed by atoms with Crippen LogP contribution in [0.25, 0.3) is 0 Å². The van der Waals surface area contributed by atoms with Gasteiger partial charge in [0.2, 0.25) is 5.91 Å². The van der Waals surface area contributed by atoms with Gasteiger partial charge in [-0.2, -0.15) is 11.8 Å². The summed E-state index contributed by atoms with van der Waals surface area (Å²) in [6, 6.07) is 0. The molecule has 18 heavy (non-hydrogen) atoms. The number of hydrogen-bond donors (Lipinski definition) is 0. The number of carbonyl (C=O) groups excluding carboxylic acids is 1. The lowest BCUT2D eigenvalue weighted by molar-refractivity contribution is -0.130. The molecule has 1 amide bonds.